The molecule has 1 fully saturated rings. The molecule has 3 aromatic carbocycles. The van der Waals surface area contributed by atoms with E-state index in [4.69, 9.17) is 14.3 Å². The maximum absolute atomic E-state index is 13.9. The minimum Gasteiger partial charge on any atom is -0.482 e. The maximum Gasteiger partial charge on any atom is 0.341 e. The molecule has 0 bridgehead atoms. The average Bonchev–Trinajstić information content (AvgIpc) is 3.00. The van der Waals surface area contributed by atoms with E-state index in [2.05, 4.69) is 55.7 Å². The van der Waals surface area contributed by atoms with E-state index < -0.39 is 47.8 Å². The molecule has 3 N–H and O–H groups in total. The quantitative estimate of drug-likeness (QED) is 0.122. The van der Waals surface area contributed by atoms with Gasteiger partial charge >= 0.3 is 5.97 Å². The van der Waals surface area contributed by atoms with Gasteiger partial charge in [0.2, 0.25) is 15.9 Å². The lowest BCUT2D eigenvalue weighted by molar-refractivity contribution is -0.139. The molecule has 0 aromatic heterocycles. The Bertz CT molecular complexity index is 1780. The first-order valence-corrected chi connectivity index (χ1v) is 21.1. The van der Waals surface area contributed by atoms with Crippen molar-refractivity contribution in [1.82, 2.24) is 10.0 Å². The molecule has 3 atom stereocenters. The third kappa shape index (κ3) is 9.06. The third-order valence-corrected chi connectivity index (χ3v) is 15.1. The standard InChI is InChI=1S/C35H41FN2O7S2Si/c1-34(2,3)48(5,6)45-30(25-11-17-28(36)18-12-25)23-46-32-33(41)38-35(32,27-15-19-29(20-16-27)44-22-31(39)40)26-13-9-24(10-14-26)8-7-21-37-47(4,42)43/h9-20,30,32,37H,21-23H2,1-6H3,(H,38,41)(H,39,40)/t30-,32-,35+/m0/s1. The lowest BCUT2D eigenvalue weighted by Crippen LogP contribution is -2.69. The van der Waals surface area contributed by atoms with Crippen LogP contribution in [0.3, 0.4) is 0 Å². The van der Waals surface area contributed by atoms with Gasteiger partial charge in [-0.25, -0.2) is 22.3 Å². The molecule has 1 amide bonds. The van der Waals surface area contributed by atoms with Crippen molar-refractivity contribution >= 4 is 42.0 Å². The van der Waals surface area contributed by atoms with E-state index >= 15 is 0 Å². The molecule has 0 unspecified atom stereocenters. The Morgan fingerprint density at radius 3 is 2.17 bits per heavy atom. The number of carboxylic acids is 1. The molecular formula is C35H41FN2O7S2Si. The SMILES string of the molecule is CC(C)(C)[Si](C)(C)O[C@@H](CS[C@H]1C(=O)N[C@]1(c1ccc(C#CCNS(C)(=O)=O)cc1)c1ccc(OCC(=O)O)cc1)c1ccc(F)cc1. The van der Waals surface area contributed by atoms with Crippen LogP contribution in [-0.4, -0.2) is 64.1 Å². The summed E-state index contributed by atoms with van der Waals surface area (Å²) in [7, 11) is -5.64. The van der Waals surface area contributed by atoms with E-state index in [9.17, 15) is 22.4 Å². The number of carbonyl (C=O) groups excluding carboxylic acids is 1. The lowest BCUT2D eigenvalue weighted by Gasteiger charge is -2.50. The van der Waals surface area contributed by atoms with Crippen LogP contribution < -0.4 is 14.8 Å². The smallest absolute Gasteiger partial charge is 0.341 e. The van der Waals surface area contributed by atoms with Crippen LogP contribution in [0.1, 0.15) is 49.1 Å². The minimum absolute atomic E-state index is 0.0260. The highest BCUT2D eigenvalue weighted by Crippen LogP contribution is 2.48. The minimum atomic E-state index is -3.36. The summed E-state index contributed by atoms with van der Waals surface area (Å²) in [5.41, 5.74) is 2.09. The van der Waals surface area contributed by atoms with Gasteiger partial charge in [0.1, 0.15) is 22.4 Å². The number of aliphatic carboxylic acids is 1. The molecule has 9 nitrogen and oxygen atoms in total. The average molecular weight is 713 g/mol. The summed E-state index contributed by atoms with van der Waals surface area (Å²) in [5.74, 6) is 4.94. The molecular weight excluding hydrogens is 672 g/mol. The van der Waals surface area contributed by atoms with Gasteiger partial charge in [-0.05, 0) is 71.2 Å². The molecule has 256 valence electrons. The Labute approximate surface area is 287 Å². The molecule has 0 radical (unpaired) electrons. The van der Waals surface area contributed by atoms with Gasteiger partial charge in [0.05, 0.1) is 18.9 Å². The predicted molar refractivity (Wildman–Crippen MR) is 188 cm³/mol. The topological polar surface area (TPSA) is 131 Å². The number of sulfonamides is 1. The summed E-state index contributed by atoms with van der Waals surface area (Å²) >= 11 is 1.46. The summed E-state index contributed by atoms with van der Waals surface area (Å²) in [6.07, 6.45) is 0.670. The Kier molecular flexibility index (Phi) is 11.5. The van der Waals surface area contributed by atoms with E-state index in [0.717, 1.165) is 22.9 Å². The van der Waals surface area contributed by atoms with Crippen LogP contribution in [-0.2, 0) is 29.6 Å². The Morgan fingerprint density at radius 1 is 1.06 bits per heavy atom. The number of hydrogen-bond donors (Lipinski definition) is 3. The molecule has 13 heteroatoms. The van der Waals surface area contributed by atoms with Crippen molar-refractivity contribution in [3.63, 3.8) is 0 Å². The van der Waals surface area contributed by atoms with Crippen LogP contribution in [0.2, 0.25) is 18.1 Å². The van der Waals surface area contributed by atoms with E-state index in [0.29, 0.717) is 17.1 Å². The highest BCUT2D eigenvalue weighted by molar-refractivity contribution is 8.00. The number of thioether (sulfide) groups is 1. The second-order valence-corrected chi connectivity index (χ2v) is 20.8. The van der Waals surface area contributed by atoms with Crippen molar-refractivity contribution in [3.8, 4) is 17.6 Å². The number of carbonyl (C=O) groups is 2. The van der Waals surface area contributed by atoms with Crippen molar-refractivity contribution in [2.45, 2.75) is 55.8 Å². The molecule has 4 rings (SSSR count). The third-order valence-electron chi connectivity index (χ3n) is 8.52. The van der Waals surface area contributed by atoms with Gasteiger partial charge in [0.15, 0.2) is 14.9 Å². The lowest BCUT2D eigenvalue weighted by atomic mass is 9.74. The maximum atomic E-state index is 13.9. The number of halogens is 1. The molecule has 3 aromatic rings. The van der Waals surface area contributed by atoms with Crippen LogP contribution >= 0.6 is 11.8 Å². The Balaban J connectivity index is 1.68. The molecule has 0 aliphatic carbocycles. The first kappa shape index (κ1) is 37.2. The summed E-state index contributed by atoms with van der Waals surface area (Å²) < 4.78 is 51.1. The molecule has 48 heavy (non-hydrogen) atoms. The normalized spacial score (nSPS) is 18.6. The fourth-order valence-electron chi connectivity index (χ4n) is 4.94. The monoisotopic (exact) mass is 712 g/mol. The highest BCUT2D eigenvalue weighted by Gasteiger charge is 2.56. The number of benzene rings is 3. The summed E-state index contributed by atoms with van der Waals surface area (Å²) in [4.78, 5) is 24.4. The summed E-state index contributed by atoms with van der Waals surface area (Å²) in [6.45, 7) is 10.3. The van der Waals surface area contributed by atoms with Gasteiger partial charge in [0.25, 0.3) is 0 Å². The van der Waals surface area contributed by atoms with Gasteiger partial charge in [-0.3, -0.25) is 4.79 Å². The van der Waals surface area contributed by atoms with Crippen molar-refractivity contribution in [1.29, 1.82) is 0 Å². The first-order chi connectivity index (χ1) is 22.4. The van der Waals surface area contributed by atoms with E-state index in [1.807, 2.05) is 24.3 Å². The zero-order valence-electron chi connectivity index (χ0n) is 27.8. The van der Waals surface area contributed by atoms with Crippen LogP contribution in [0.4, 0.5) is 4.39 Å². The van der Waals surface area contributed by atoms with E-state index in [-0.39, 0.29) is 23.3 Å². The fourth-order valence-corrected chi connectivity index (χ4v) is 8.10. The second-order valence-electron chi connectivity index (χ2n) is 13.1. The fraction of sp³-hybridized carbons (Fsp3) is 0.371. The largest absolute Gasteiger partial charge is 0.482 e. The second kappa shape index (κ2) is 14.8. The number of carboxylic acid groups (broad SMARTS) is 1. The molecule has 1 aliphatic heterocycles. The van der Waals surface area contributed by atoms with Gasteiger partial charge in [0, 0.05) is 11.3 Å². The number of nitrogens with one attached hydrogen (secondary N) is 2. The molecule has 0 spiro atoms. The number of ether oxygens (including phenoxy) is 1. The van der Waals surface area contributed by atoms with Crippen molar-refractivity contribution in [2.75, 3.05) is 25.2 Å². The van der Waals surface area contributed by atoms with Crippen molar-refractivity contribution in [3.05, 3.63) is 101 Å². The zero-order valence-corrected chi connectivity index (χ0v) is 30.4. The molecule has 0 saturated carbocycles. The van der Waals surface area contributed by atoms with Gasteiger partial charge in [-0.15, -0.1) is 11.8 Å². The van der Waals surface area contributed by atoms with Crippen molar-refractivity contribution < 1.29 is 36.7 Å². The van der Waals surface area contributed by atoms with Crippen LogP contribution in [0.5, 0.6) is 5.75 Å². The number of hydrogen-bond acceptors (Lipinski definition) is 7. The molecule has 1 saturated heterocycles. The predicted octanol–water partition coefficient (Wildman–Crippen LogP) is 5.43. The van der Waals surface area contributed by atoms with Crippen LogP contribution in [0.25, 0.3) is 0 Å². The van der Waals surface area contributed by atoms with Crippen LogP contribution in [0.15, 0.2) is 72.8 Å². The number of rotatable bonds is 13. The summed E-state index contributed by atoms with van der Waals surface area (Å²) in [6, 6.07) is 20.6. The molecule has 1 heterocycles. The highest BCUT2D eigenvalue weighted by atomic mass is 32.2. The molecule has 1 aliphatic rings. The van der Waals surface area contributed by atoms with Crippen LogP contribution in [0, 0.1) is 17.7 Å². The van der Waals surface area contributed by atoms with E-state index in [1.54, 1.807) is 36.4 Å². The number of β-lactam (4-membered cyclic amide) rings is 1. The van der Waals surface area contributed by atoms with E-state index in [1.165, 1.54) is 23.9 Å². The number of amides is 1. The Morgan fingerprint density at radius 2 is 1.65 bits per heavy atom. The van der Waals surface area contributed by atoms with Gasteiger partial charge in [-0.2, -0.15) is 0 Å². The van der Waals surface area contributed by atoms with Gasteiger partial charge in [-0.1, -0.05) is 69.0 Å². The van der Waals surface area contributed by atoms with Crippen molar-refractivity contribution in [2.24, 2.45) is 0 Å². The Hall–Kier alpha value is -3.67. The first-order valence-electron chi connectivity index (χ1n) is 15.3. The van der Waals surface area contributed by atoms with Gasteiger partial charge < -0.3 is 19.6 Å². The zero-order chi connectivity index (χ0) is 35.3. The summed E-state index contributed by atoms with van der Waals surface area (Å²) in [5, 5.41) is 11.5.